The second kappa shape index (κ2) is 7.67. The fourth-order valence-electron chi connectivity index (χ4n) is 3.95. The predicted octanol–water partition coefficient (Wildman–Crippen LogP) is 3.54. The molecule has 22 heavy (non-hydrogen) atoms. The average molecular weight is 310 g/mol. The smallest absolute Gasteiger partial charge is 0.317 e. The van der Waals surface area contributed by atoms with Crippen molar-refractivity contribution in [1.29, 1.82) is 0 Å². The molecule has 4 heteroatoms. The van der Waals surface area contributed by atoms with Crippen LogP contribution in [-0.2, 0) is 0 Å². The Kier molecular flexibility index (Phi) is 6.13. The molecular weight excluding hydrogens is 276 g/mol. The molecule has 0 aromatic rings. The Morgan fingerprint density at radius 3 is 2.50 bits per heavy atom. The quantitative estimate of drug-likeness (QED) is 0.838. The Morgan fingerprint density at radius 2 is 1.82 bits per heavy atom. The number of hydrogen-bond acceptors (Lipinski definition) is 2. The molecule has 2 rings (SSSR count). The van der Waals surface area contributed by atoms with Gasteiger partial charge >= 0.3 is 6.03 Å². The zero-order valence-corrected chi connectivity index (χ0v) is 14.6. The molecule has 1 aliphatic heterocycles. The van der Waals surface area contributed by atoms with E-state index in [0.717, 1.165) is 25.3 Å². The minimum absolute atomic E-state index is 0.0489. The number of nitrogens with zero attached hydrogens (tertiary/aromatic N) is 1. The maximum atomic E-state index is 12.5. The van der Waals surface area contributed by atoms with Gasteiger partial charge in [-0.25, -0.2) is 4.79 Å². The monoisotopic (exact) mass is 310 g/mol. The molecule has 2 aliphatic rings. The van der Waals surface area contributed by atoms with Gasteiger partial charge in [0.05, 0.1) is 5.60 Å². The van der Waals surface area contributed by atoms with Crippen molar-refractivity contribution in [2.24, 2.45) is 11.8 Å². The van der Waals surface area contributed by atoms with Gasteiger partial charge in [-0.05, 0) is 44.9 Å². The largest absolute Gasteiger partial charge is 0.390 e. The van der Waals surface area contributed by atoms with E-state index in [-0.39, 0.29) is 12.1 Å². The molecule has 128 valence electrons. The van der Waals surface area contributed by atoms with Crippen LogP contribution in [0.25, 0.3) is 0 Å². The van der Waals surface area contributed by atoms with Crippen molar-refractivity contribution in [3.05, 3.63) is 0 Å². The molecule has 0 radical (unpaired) electrons. The molecule has 1 aliphatic carbocycles. The van der Waals surface area contributed by atoms with E-state index >= 15 is 0 Å². The summed E-state index contributed by atoms with van der Waals surface area (Å²) < 4.78 is 0. The van der Waals surface area contributed by atoms with Crippen molar-refractivity contribution in [2.45, 2.75) is 83.8 Å². The highest BCUT2D eigenvalue weighted by Crippen LogP contribution is 2.31. The molecule has 1 saturated carbocycles. The summed E-state index contributed by atoms with van der Waals surface area (Å²) in [6.07, 6.45) is 9.03. The number of urea groups is 1. The Morgan fingerprint density at radius 1 is 1.14 bits per heavy atom. The molecule has 0 aromatic heterocycles. The summed E-state index contributed by atoms with van der Waals surface area (Å²) in [4.78, 5) is 14.4. The second-order valence-electron chi connectivity index (χ2n) is 7.83. The highest BCUT2D eigenvalue weighted by atomic mass is 16.3. The van der Waals surface area contributed by atoms with E-state index in [1.54, 1.807) is 0 Å². The number of carbonyl (C=O) groups excluding carboxylic acids is 1. The van der Waals surface area contributed by atoms with E-state index in [2.05, 4.69) is 19.2 Å². The lowest BCUT2D eigenvalue weighted by Crippen LogP contribution is -2.47. The van der Waals surface area contributed by atoms with Crippen LogP contribution in [0.1, 0.15) is 72.1 Å². The lowest BCUT2D eigenvalue weighted by Gasteiger charge is -2.33. The third-order valence-electron chi connectivity index (χ3n) is 5.88. The number of amides is 2. The SMILES string of the molecule is CC(NC(=O)N1CCCC(C)(O)CC1)C(C)C1CCCCC1. The van der Waals surface area contributed by atoms with Crippen molar-refractivity contribution < 1.29 is 9.90 Å². The summed E-state index contributed by atoms with van der Waals surface area (Å²) in [6, 6.07) is 0.271. The van der Waals surface area contributed by atoms with Crippen LogP contribution in [0.15, 0.2) is 0 Å². The van der Waals surface area contributed by atoms with Crippen LogP contribution in [-0.4, -0.2) is 40.8 Å². The van der Waals surface area contributed by atoms with E-state index < -0.39 is 5.60 Å². The Balaban J connectivity index is 1.82. The van der Waals surface area contributed by atoms with E-state index in [1.807, 2.05) is 11.8 Å². The van der Waals surface area contributed by atoms with Gasteiger partial charge in [0, 0.05) is 19.1 Å². The summed E-state index contributed by atoms with van der Waals surface area (Å²) >= 11 is 0. The van der Waals surface area contributed by atoms with Crippen LogP contribution < -0.4 is 5.32 Å². The lowest BCUT2D eigenvalue weighted by atomic mass is 9.78. The Labute approximate surface area is 135 Å². The van der Waals surface area contributed by atoms with Crippen LogP contribution in [0.5, 0.6) is 0 Å². The van der Waals surface area contributed by atoms with Crippen LogP contribution in [0.4, 0.5) is 4.79 Å². The van der Waals surface area contributed by atoms with Gasteiger partial charge in [-0.3, -0.25) is 0 Å². The molecule has 4 nitrogen and oxygen atoms in total. The molecule has 3 unspecified atom stereocenters. The van der Waals surface area contributed by atoms with Gasteiger partial charge in [-0.2, -0.15) is 0 Å². The summed E-state index contributed by atoms with van der Waals surface area (Å²) in [5.74, 6) is 1.30. The molecule has 0 aromatic carbocycles. The van der Waals surface area contributed by atoms with E-state index in [9.17, 15) is 9.90 Å². The van der Waals surface area contributed by atoms with E-state index in [4.69, 9.17) is 0 Å². The normalized spacial score (nSPS) is 30.5. The third kappa shape index (κ3) is 4.87. The minimum atomic E-state index is -0.615. The van der Waals surface area contributed by atoms with Crippen molar-refractivity contribution in [3.8, 4) is 0 Å². The summed E-state index contributed by atoms with van der Waals surface area (Å²) in [5.41, 5.74) is -0.615. The molecular formula is C18H34N2O2. The molecule has 2 amide bonds. The molecule has 0 spiro atoms. The van der Waals surface area contributed by atoms with Crippen LogP contribution in [0, 0.1) is 11.8 Å². The van der Waals surface area contributed by atoms with Gasteiger partial charge in [-0.15, -0.1) is 0 Å². The second-order valence-corrected chi connectivity index (χ2v) is 7.83. The van der Waals surface area contributed by atoms with Crippen molar-refractivity contribution in [1.82, 2.24) is 10.2 Å². The number of hydrogen-bond donors (Lipinski definition) is 2. The topological polar surface area (TPSA) is 52.6 Å². The fraction of sp³-hybridized carbons (Fsp3) is 0.944. The number of aliphatic hydroxyl groups is 1. The van der Waals surface area contributed by atoms with Crippen LogP contribution in [0.3, 0.4) is 0 Å². The number of nitrogens with one attached hydrogen (secondary N) is 1. The van der Waals surface area contributed by atoms with Gasteiger partial charge in [0.25, 0.3) is 0 Å². The Bertz CT molecular complexity index is 364. The molecule has 1 saturated heterocycles. The Hall–Kier alpha value is -0.770. The molecule has 1 heterocycles. The molecule has 3 atom stereocenters. The van der Waals surface area contributed by atoms with Gasteiger partial charge < -0.3 is 15.3 Å². The minimum Gasteiger partial charge on any atom is -0.390 e. The van der Waals surface area contributed by atoms with Crippen molar-refractivity contribution in [3.63, 3.8) is 0 Å². The predicted molar refractivity (Wildman–Crippen MR) is 89.8 cm³/mol. The summed E-state index contributed by atoms with van der Waals surface area (Å²) in [6.45, 7) is 7.72. The zero-order chi connectivity index (χ0) is 16.2. The maximum absolute atomic E-state index is 12.5. The van der Waals surface area contributed by atoms with Crippen molar-refractivity contribution in [2.75, 3.05) is 13.1 Å². The first-order valence-electron chi connectivity index (χ1n) is 9.17. The molecule has 2 fully saturated rings. The summed E-state index contributed by atoms with van der Waals surface area (Å²) in [7, 11) is 0. The number of carbonyl (C=O) groups is 1. The van der Waals surface area contributed by atoms with Gasteiger partial charge in [0.15, 0.2) is 0 Å². The fourth-order valence-corrected chi connectivity index (χ4v) is 3.95. The number of likely N-dealkylation sites (tertiary alicyclic amines) is 1. The number of rotatable bonds is 3. The van der Waals surface area contributed by atoms with Crippen molar-refractivity contribution >= 4 is 6.03 Å². The first kappa shape index (κ1) is 17.6. The third-order valence-corrected chi connectivity index (χ3v) is 5.88. The highest BCUT2D eigenvalue weighted by molar-refractivity contribution is 5.74. The van der Waals surface area contributed by atoms with Gasteiger partial charge in [-0.1, -0.05) is 39.0 Å². The maximum Gasteiger partial charge on any atom is 0.317 e. The van der Waals surface area contributed by atoms with Gasteiger partial charge in [0.1, 0.15) is 0 Å². The van der Waals surface area contributed by atoms with Crippen LogP contribution >= 0.6 is 0 Å². The first-order chi connectivity index (χ1) is 10.4. The molecule has 0 bridgehead atoms. The first-order valence-corrected chi connectivity index (χ1v) is 9.17. The zero-order valence-electron chi connectivity index (χ0n) is 14.6. The lowest BCUT2D eigenvalue weighted by molar-refractivity contribution is 0.0456. The average Bonchev–Trinajstić information content (AvgIpc) is 2.68. The molecule has 2 N–H and O–H groups in total. The van der Waals surface area contributed by atoms with E-state index in [0.29, 0.717) is 18.9 Å². The van der Waals surface area contributed by atoms with Gasteiger partial charge in [0.2, 0.25) is 0 Å². The summed E-state index contributed by atoms with van der Waals surface area (Å²) in [5, 5.41) is 13.3. The highest BCUT2D eigenvalue weighted by Gasteiger charge is 2.29. The van der Waals surface area contributed by atoms with Crippen LogP contribution in [0.2, 0.25) is 0 Å². The standard InChI is InChI=1S/C18H34N2O2/c1-14(16-8-5-4-6-9-16)15(2)19-17(21)20-12-7-10-18(3,22)11-13-20/h14-16,22H,4-13H2,1-3H3,(H,19,21). The van der Waals surface area contributed by atoms with E-state index in [1.165, 1.54) is 32.1 Å².